The number of hydrogen-bond donors (Lipinski definition) is 1. The van der Waals surface area contributed by atoms with Crippen LogP contribution in [-0.2, 0) is 11.4 Å². The molecule has 0 aliphatic carbocycles. The molecular formula is C22H24F2N4O2S. The average Bonchev–Trinajstić information content (AvgIpc) is 3.11. The summed E-state index contributed by atoms with van der Waals surface area (Å²) in [6, 6.07) is 8.99. The number of para-hydroxylation sites is 1. The largest absolute Gasteiger partial charge is 0.485 e. The first-order valence-corrected chi connectivity index (χ1v) is 10.7. The summed E-state index contributed by atoms with van der Waals surface area (Å²) in [7, 11) is 0. The smallest absolute Gasteiger partial charge is 0.234 e. The van der Waals surface area contributed by atoms with Crippen LogP contribution in [0.2, 0.25) is 0 Å². The molecule has 31 heavy (non-hydrogen) atoms. The standard InChI is InChI=1S/C22H24F2N4O2S/c1-13(2)28-19(11-30-21-14(3)6-5-7-15(21)4)26-27-22(28)31-12-20(29)25-18-9-8-16(23)10-17(18)24/h5-10,13H,11-12H2,1-4H3,(H,25,29). The summed E-state index contributed by atoms with van der Waals surface area (Å²) in [6.07, 6.45) is 0. The Kier molecular flexibility index (Phi) is 7.27. The van der Waals surface area contributed by atoms with Crippen molar-refractivity contribution in [2.45, 2.75) is 45.5 Å². The van der Waals surface area contributed by atoms with Crippen LogP contribution >= 0.6 is 11.8 Å². The Balaban J connectivity index is 1.66. The third kappa shape index (κ3) is 5.61. The number of carbonyl (C=O) groups is 1. The number of ether oxygens (including phenoxy) is 1. The lowest BCUT2D eigenvalue weighted by Gasteiger charge is -2.15. The molecule has 0 atom stereocenters. The quantitative estimate of drug-likeness (QED) is 0.490. The predicted molar refractivity (Wildman–Crippen MR) is 116 cm³/mol. The maximum absolute atomic E-state index is 13.7. The monoisotopic (exact) mass is 446 g/mol. The van der Waals surface area contributed by atoms with Gasteiger partial charge >= 0.3 is 0 Å². The molecule has 1 N–H and O–H groups in total. The van der Waals surface area contributed by atoms with Gasteiger partial charge in [0.25, 0.3) is 0 Å². The number of aromatic nitrogens is 3. The van der Waals surface area contributed by atoms with Gasteiger partial charge in [0.15, 0.2) is 11.0 Å². The van der Waals surface area contributed by atoms with Crippen LogP contribution in [0.5, 0.6) is 5.75 Å². The summed E-state index contributed by atoms with van der Waals surface area (Å²) in [5.74, 6) is -0.498. The SMILES string of the molecule is Cc1cccc(C)c1OCc1nnc(SCC(=O)Nc2ccc(F)cc2F)n1C(C)C. The predicted octanol–water partition coefficient (Wildman–Crippen LogP) is 5.06. The number of hydrogen-bond acceptors (Lipinski definition) is 5. The van der Waals surface area contributed by atoms with E-state index in [0.29, 0.717) is 11.0 Å². The fourth-order valence-electron chi connectivity index (χ4n) is 3.09. The van der Waals surface area contributed by atoms with Crippen molar-refractivity contribution in [3.8, 4) is 5.75 Å². The Hall–Kier alpha value is -2.94. The third-order valence-corrected chi connectivity index (χ3v) is 5.49. The van der Waals surface area contributed by atoms with Crippen LogP contribution in [0.15, 0.2) is 41.6 Å². The van der Waals surface area contributed by atoms with E-state index in [9.17, 15) is 13.6 Å². The molecule has 1 aromatic heterocycles. The molecule has 0 saturated heterocycles. The number of anilines is 1. The Morgan fingerprint density at radius 1 is 1.16 bits per heavy atom. The van der Waals surface area contributed by atoms with E-state index in [4.69, 9.17) is 4.74 Å². The second-order valence-corrected chi connectivity index (χ2v) is 8.28. The van der Waals surface area contributed by atoms with Crippen molar-refractivity contribution >= 4 is 23.4 Å². The van der Waals surface area contributed by atoms with E-state index in [1.165, 1.54) is 17.8 Å². The number of thioether (sulfide) groups is 1. The lowest BCUT2D eigenvalue weighted by atomic mass is 10.1. The van der Waals surface area contributed by atoms with E-state index < -0.39 is 17.5 Å². The minimum atomic E-state index is -0.824. The number of nitrogens with one attached hydrogen (secondary N) is 1. The molecule has 0 bridgehead atoms. The van der Waals surface area contributed by atoms with Gasteiger partial charge in [-0.1, -0.05) is 30.0 Å². The highest BCUT2D eigenvalue weighted by Crippen LogP contribution is 2.26. The number of benzene rings is 2. The van der Waals surface area contributed by atoms with Crippen LogP contribution < -0.4 is 10.1 Å². The van der Waals surface area contributed by atoms with Gasteiger partial charge in [-0.15, -0.1) is 10.2 Å². The van der Waals surface area contributed by atoms with Crippen LogP contribution in [0.25, 0.3) is 0 Å². The molecule has 3 aromatic rings. The molecule has 0 aliphatic rings. The maximum atomic E-state index is 13.7. The van der Waals surface area contributed by atoms with Gasteiger partial charge in [-0.25, -0.2) is 8.78 Å². The van der Waals surface area contributed by atoms with Crippen LogP contribution in [0, 0.1) is 25.5 Å². The summed E-state index contributed by atoms with van der Waals surface area (Å²) in [4.78, 5) is 12.2. The van der Waals surface area contributed by atoms with E-state index in [2.05, 4.69) is 15.5 Å². The van der Waals surface area contributed by atoms with Crippen molar-refractivity contribution in [1.29, 1.82) is 0 Å². The lowest BCUT2D eigenvalue weighted by Crippen LogP contribution is -2.16. The number of halogens is 2. The van der Waals surface area contributed by atoms with Crippen molar-refractivity contribution in [1.82, 2.24) is 14.8 Å². The highest BCUT2D eigenvalue weighted by Gasteiger charge is 2.18. The van der Waals surface area contributed by atoms with Crippen LogP contribution in [-0.4, -0.2) is 26.4 Å². The van der Waals surface area contributed by atoms with Gasteiger partial charge in [0.1, 0.15) is 24.0 Å². The summed E-state index contributed by atoms with van der Waals surface area (Å²) < 4.78 is 34.6. The number of nitrogens with zero attached hydrogens (tertiary/aromatic N) is 3. The van der Waals surface area contributed by atoms with Crippen LogP contribution in [0.4, 0.5) is 14.5 Å². The zero-order valence-corrected chi connectivity index (χ0v) is 18.6. The summed E-state index contributed by atoms with van der Waals surface area (Å²) in [5, 5.41) is 11.4. The van der Waals surface area contributed by atoms with E-state index in [-0.39, 0.29) is 24.1 Å². The number of amides is 1. The van der Waals surface area contributed by atoms with Gasteiger partial charge in [0.05, 0.1) is 11.4 Å². The second-order valence-electron chi connectivity index (χ2n) is 7.33. The third-order valence-electron chi connectivity index (χ3n) is 4.54. The first-order valence-electron chi connectivity index (χ1n) is 9.76. The topological polar surface area (TPSA) is 69.0 Å². The summed E-state index contributed by atoms with van der Waals surface area (Å²) >= 11 is 1.19. The van der Waals surface area contributed by atoms with Crippen LogP contribution in [0.3, 0.4) is 0 Å². The molecule has 0 fully saturated rings. The van der Waals surface area contributed by atoms with E-state index in [1.54, 1.807) is 0 Å². The van der Waals surface area contributed by atoms with Crippen LogP contribution in [0.1, 0.15) is 36.8 Å². The Morgan fingerprint density at radius 3 is 2.52 bits per heavy atom. The highest BCUT2D eigenvalue weighted by molar-refractivity contribution is 7.99. The van der Waals surface area contributed by atoms with Gasteiger partial charge in [-0.2, -0.15) is 0 Å². The molecule has 0 radical (unpaired) electrons. The molecule has 0 saturated carbocycles. The first-order chi connectivity index (χ1) is 14.8. The zero-order valence-electron chi connectivity index (χ0n) is 17.8. The van der Waals surface area contributed by atoms with E-state index >= 15 is 0 Å². The molecule has 164 valence electrons. The maximum Gasteiger partial charge on any atom is 0.234 e. The van der Waals surface area contributed by atoms with Gasteiger partial charge < -0.3 is 14.6 Å². The molecule has 3 rings (SSSR count). The molecule has 2 aromatic carbocycles. The Labute approximate surface area is 184 Å². The molecular weight excluding hydrogens is 422 g/mol. The van der Waals surface area contributed by atoms with Crippen molar-refractivity contribution < 1.29 is 18.3 Å². The number of carbonyl (C=O) groups excluding carboxylic acids is 1. The molecule has 0 unspecified atom stereocenters. The van der Waals surface area contributed by atoms with Gasteiger partial charge in [0.2, 0.25) is 5.91 Å². The number of aryl methyl sites for hydroxylation is 2. The van der Waals surface area contributed by atoms with Crippen molar-refractivity contribution in [3.05, 3.63) is 65.0 Å². The fraction of sp³-hybridized carbons (Fsp3) is 0.318. The summed E-state index contributed by atoms with van der Waals surface area (Å²) in [6.45, 7) is 8.19. The Morgan fingerprint density at radius 2 is 1.87 bits per heavy atom. The molecule has 1 amide bonds. The lowest BCUT2D eigenvalue weighted by molar-refractivity contribution is -0.113. The van der Waals surface area contributed by atoms with Crippen molar-refractivity contribution in [2.75, 3.05) is 11.1 Å². The zero-order chi connectivity index (χ0) is 22.5. The molecule has 0 spiro atoms. The minimum absolute atomic E-state index is 0.000567. The van der Waals surface area contributed by atoms with E-state index in [0.717, 1.165) is 29.0 Å². The van der Waals surface area contributed by atoms with Gasteiger partial charge in [0, 0.05) is 12.1 Å². The average molecular weight is 447 g/mol. The fourth-order valence-corrected chi connectivity index (χ4v) is 3.98. The molecule has 6 nitrogen and oxygen atoms in total. The second kappa shape index (κ2) is 9.91. The van der Waals surface area contributed by atoms with Gasteiger partial charge in [-0.3, -0.25) is 4.79 Å². The van der Waals surface area contributed by atoms with Gasteiger partial charge in [-0.05, 0) is 51.0 Å². The molecule has 0 aliphatic heterocycles. The van der Waals surface area contributed by atoms with Crippen molar-refractivity contribution in [3.63, 3.8) is 0 Å². The molecule has 1 heterocycles. The number of rotatable bonds is 8. The minimum Gasteiger partial charge on any atom is -0.485 e. The normalized spacial score (nSPS) is 11.1. The highest BCUT2D eigenvalue weighted by atomic mass is 32.2. The first kappa shape index (κ1) is 22.7. The molecule has 9 heteroatoms. The van der Waals surface area contributed by atoms with E-state index in [1.807, 2.05) is 50.5 Å². The summed E-state index contributed by atoms with van der Waals surface area (Å²) in [5.41, 5.74) is 2.00. The van der Waals surface area contributed by atoms with Crippen molar-refractivity contribution in [2.24, 2.45) is 0 Å². The Bertz CT molecular complexity index is 1070.